The maximum Gasteiger partial charge on any atom is 0.312 e. The van der Waals surface area contributed by atoms with Crippen molar-refractivity contribution in [1.82, 2.24) is 0 Å². The molecule has 0 atom stereocenters. The zero-order valence-electron chi connectivity index (χ0n) is 10.1. The topological polar surface area (TPSA) is 95.5 Å². The molecule has 0 saturated heterocycles. The van der Waals surface area contributed by atoms with Gasteiger partial charge >= 0.3 is 5.69 Å². The van der Waals surface area contributed by atoms with Crippen LogP contribution in [0.3, 0.4) is 0 Å². The largest absolute Gasteiger partial charge is 0.450 e. The second-order valence-corrected chi connectivity index (χ2v) is 4.78. The summed E-state index contributed by atoms with van der Waals surface area (Å²) in [7, 11) is 0. The molecule has 0 bridgehead atoms. The Kier molecular flexibility index (Phi) is 3.99. The van der Waals surface area contributed by atoms with Crippen molar-refractivity contribution in [2.45, 2.75) is 0 Å². The molecule has 0 spiro atoms. The van der Waals surface area contributed by atoms with Crippen LogP contribution in [0.25, 0.3) is 0 Å². The highest BCUT2D eigenvalue weighted by atomic mass is 79.9. The second kappa shape index (κ2) is 5.70. The number of benzene rings is 2. The first-order valence-electron chi connectivity index (χ1n) is 5.49. The van der Waals surface area contributed by atoms with Gasteiger partial charge in [-0.1, -0.05) is 22.0 Å². The standard InChI is InChI=1S/C13H9BrN2O4/c14-9-2-1-3-10(7-9)20-12-5-4-8(13(15)17)6-11(12)16(18)19/h1-7H,(H2,15,17). The number of nitro groups is 1. The van der Waals surface area contributed by atoms with Crippen molar-refractivity contribution in [3.63, 3.8) is 0 Å². The van der Waals surface area contributed by atoms with Crippen LogP contribution >= 0.6 is 15.9 Å². The van der Waals surface area contributed by atoms with E-state index in [2.05, 4.69) is 15.9 Å². The number of rotatable bonds is 4. The molecule has 2 aromatic carbocycles. The molecule has 0 unspecified atom stereocenters. The van der Waals surface area contributed by atoms with E-state index in [1.807, 2.05) is 0 Å². The van der Waals surface area contributed by atoms with Gasteiger partial charge in [0.25, 0.3) is 0 Å². The molecule has 0 fully saturated rings. The van der Waals surface area contributed by atoms with E-state index in [9.17, 15) is 14.9 Å². The van der Waals surface area contributed by atoms with Gasteiger partial charge in [-0.05, 0) is 30.3 Å². The van der Waals surface area contributed by atoms with Crippen LogP contribution in [-0.2, 0) is 0 Å². The van der Waals surface area contributed by atoms with E-state index in [1.165, 1.54) is 12.1 Å². The Hall–Kier alpha value is -2.41. The highest BCUT2D eigenvalue weighted by Crippen LogP contribution is 2.32. The summed E-state index contributed by atoms with van der Waals surface area (Å²) in [5.74, 6) is -0.255. The first kappa shape index (κ1) is 14.0. The van der Waals surface area contributed by atoms with Crippen LogP contribution < -0.4 is 10.5 Å². The summed E-state index contributed by atoms with van der Waals surface area (Å²) in [6.45, 7) is 0. The Morgan fingerprint density at radius 2 is 2.00 bits per heavy atom. The number of carbonyl (C=O) groups is 1. The fraction of sp³-hybridized carbons (Fsp3) is 0. The van der Waals surface area contributed by atoms with E-state index in [-0.39, 0.29) is 17.0 Å². The number of ether oxygens (including phenoxy) is 1. The van der Waals surface area contributed by atoms with Crippen LogP contribution in [0.2, 0.25) is 0 Å². The van der Waals surface area contributed by atoms with Crippen molar-refractivity contribution in [2.75, 3.05) is 0 Å². The number of hydrogen-bond donors (Lipinski definition) is 1. The van der Waals surface area contributed by atoms with Gasteiger partial charge in [-0.25, -0.2) is 0 Å². The van der Waals surface area contributed by atoms with E-state index < -0.39 is 10.8 Å². The lowest BCUT2D eigenvalue weighted by Gasteiger charge is -2.07. The lowest BCUT2D eigenvalue weighted by molar-refractivity contribution is -0.385. The molecule has 0 aromatic heterocycles. The normalized spacial score (nSPS) is 10.1. The fourth-order valence-corrected chi connectivity index (χ4v) is 1.94. The fourth-order valence-electron chi connectivity index (χ4n) is 1.56. The highest BCUT2D eigenvalue weighted by Gasteiger charge is 2.18. The van der Waals surface area contributed by atoms with E-state index in [1.54, 1.807) is 24.3 Å². The minimum atomic E-state index is -0.734. The lowest BCUT2D eigenvalue weighted by Crippen LogP contribution is -2.11. The summed E-state index contributed by atoms with van der Waals surface area (Å²) in [6.07, 6.45) is 0. The van der Waals surface area contributed by atoms with Crippen LogP contribution in [0.1, 0.15) is 10.4 Å². The van der Waals surface area contributed by atoms with E-state index in [0.717, 1.165) is 10.5 Å². The second-order valence-electron chi connectivity index (χ2n) is 3.86. The Labute approximate surface area is 122 Å². The number of hydrogen-bond acceptors (Lipinski definition) is 4. The lowest BCUT2D eigenvalue weighted by atomic mass is 10.2. The summed E-state index contributed by atoms with van der Waals surface area (Å²) >= 11 is 3.28. The molecule has 7 heteroatoms. The predicted octanol–water partition coefficient (Wildman–Crippen LogP) is 3.25. The molecule has 0 saturated carbocycles. The summed E-state index contributed by atoms with van der Waals surface area (Å²) in [5.41, 5.74) is 4.83. The van der Waals surface area contributed by atoms with Crippen molar-refractivity contribution in [1.29, 1.82) is 0 Å². The van der Waals surface area contributed by atoms with Gasteiger partial charge in [-0.3, -0.25) is 14.9 Å². The third kappa shape index (κ3) is 3.12. The Balaban J connectivity index is 2.41. The molecule has 0 aliphatic rings. The Bertz CT molecular complexity index is 688. The SMILES string of the molecule is NC(=O)c1ccc(Oc2cccc(Br)c2)c([N+](=O)[O-])c1. The van der Waals surface area contributed by atoms with Gasteiger partial charge in [0.05, 0.1) is 4.92 Å². The maximum atomic E-state index is 11.0. The van der Waals surface area contributed by atoms with Crippen LogP contribution in [0.15, 0.2) is 46.9 Å². The number of nitro benzene ring substituents is 1. The molecule has 6 nitrogen and oxygen atoms in total. The quantitative estimate of drug-likeness (QED) is 0.684. The molecule has 0 aliphatic carbocycles. The van der Waals surface area contributed by atoms with E-state index in [4.69, 9.17) is 10.5 Å². The number of primary amides is 1. The van der Waals surface area contributed by atoms with E-state index in [0.29, 0.717) is 5.75 Å². The highest BCUT2D eigenvalue weighted by molar-refractivity contribution is 9.10. The summed E-state index contributed by atoms with van der Waals surface area (Å²) in [5, 5.41) is 11.0. The van der Waals surface area contributed by atoms with Crippen molar-refractivity contribution >= 4 is 27.5 Å². The number of halogens is 1. The first-order chi connectivity index (χ1) is 9.47. The number of amides is 1. The molecule has 2 rings (SSSR count). The summed E-state index contributed by atoms with van der Waals surface area (Å²) in [4.78, 5) is 21.4. The van der Waals surface area contributed by atoms with Crippen LogP contribution in [0.5, 0.6) is 11.5 Å². The molecule has 0 radical (unpaired) electrons. The van der Waals surface area contributed by atoms with Crippen LogP contribution in [-0.4, -0.2) is 10.8 Å². The Morgan fingerprint density at radius 3 is 2.60 bits per heavy atom. The van der Waals surface area contributed by atoms with Crippen LogP contribution in [0.4, 0.5) is 5.69 Å². The average Bonchev–Trinajstić information content (AvgIpc) is 2.38. The number of nitrogens with two attached hydrogens (primary N) is 1. The number of carbonyl (C=O) groups excluding carboxylic acids is 1. The predicted molar refractivity (Wildman–Crippen MR) is 75.8 cm³/mol. The molecule has 0 heterocycles. The van der Waals surface area contributed by atoms with Gasteiger partial charge in [0.2, 0.25) is 11.7 Å². The van der Waals surface area contributed by atoms with Gasteiger partial charge in [-0.2, -0.15) is 0 Å². The molecule has 20 heavy (non-hydrogen) atoms. The number of nitrogens with zero attached hydrogens (tertiary/aromatic N) is 1. The monoisotopic (exact) mass is 336 g/mol. The van der Waals surface area contributed by atoms with Gasteiger partial charge in [0, 0.05) is 16.1 Å². The molecule has 2 aromatic rings. The zero-order valence-corrected chi connectivity index (χ0v) is 11.7. The third-order valence-corrected chi connectivity index (χ3v) is 2.96. The van der Waals surface area contributed by atoms with Crippen molar-refractivity contribution in [2.24, 2.45) is 5.73 Å². The molecular formula is C13H9BrN2O4. The zero-order chi connectivity index (χ0) is 14.7. The summed E-state index contributed by atoms with van der Waals surface area (Å²) in [6, 6.07) is 10.7. The Morgan fingerprint density at radius 1 is 1.25 bits per heavy atom. The molecule has 102 valence electrons. The first-order valence-corrected chi connectivity index (χ1v) is 6.28. The van der Waals surface area contributed by atoms with Gasteiger partial charge in [0.1, 0.15) is 5.75 Å². The van der Waals surface area contributed by atoms with Crippen LogP contribution in [0, 0.1) is 10.1 Å². The third-order valence-electron chi connectivity index (χ3n) is 2.46. The molecule has 0 aliphatic heterocycles. The molecular weight excluding hydrogens is 328 g/mol. The maximum absolute atomic E-state index is 11.0. The summed E-state index contributed by atoms with van der Waals surface area (Å²) < 4.78 is 6.25. The molecule has 2 N–H and O–H groups in total. The van der Waals surface area contributed by atoms with Gasteiger partial charge in [-0.15, -0.1) is 0 Å². The van der Waals surface area contributed by atoms with Gasteiger partial charge in [0.15, 0.2) is 0 Å². The van der Waals surface area contributed by atoms with Gasteiger partial charge < -0.3 is 10.5 Å². The minimum Gasteiger partial charge on any atom is -0.450 e. The van der Waals surface area contributed by atoms with Crippen molar-refractivity contribution in [3.8, 4) is 11.5 Å². The molecule has 1 amide bonds. The van der Waals surface area contributed by atoms with Crippen molar-refractivity contribution < 1.29 is 14.5 Å². The smallest absolute Gasteiger partial charge is 0.312 e. The van der Waals surface area contributed by atoms with E-state index >= 15 is 0 Å². The average molecular weight is 337 g/mol. The minimum absolute atomic E-state index is 0.0399. The van der Waals surface area contributed by atoms with Crippen molar-refractivity contribution in [3.05, 3.63) is 62.6 Å².